The molecular weight excluding hydrogens is 393 g/mol. The topological polar surface area (TPSA) is 55.4 Å². The zero-order chi connectivity index (χ0) is 20.6. The van der Waals surface area contributed by atoms with Gasteiger partial charge in [0.1, 0.15) is 5.82 Å². The lowest BCUT2D eigenvalue weighted by atomic mass is 10.0. The zero-order valence-electron chi connectivity index (χ0n) is 15.5. The van der Waals surface area contributed by atoms with Gasteiger partial charge >= 0.3 is 5.97 Å². The van der Waals surface area contributed by atoms with Gasteiger partial charge in [0.15, 0.2) is 6.61 Å². The largest absolute Gasteiger partial charge is 0.455 e. The van der Waals surface area contributed by atoms with E-state index in [1.807, 2.05) is 48.5 Å². The third-order valence-electron chi connectivity index (χ3n) is 4.28. The summed E-state index contributed by atoms with van der Waals surface area (Å²) >= 11 is 5.90. The summed E-state index contributed by atoms with van der Waals surface area (Å²) in [7, 11) is 0. The molecule has 0 aliphatic carbocycles. The maximum absolute atomic E-state index is 13.7. The summed E-state index contributed by atoms with van der Waals surface area (Å²) in [6, 6.07) is 21.5. The molecular formula is C23H19ClFNO3. The summed E-state index contributed by atoms with van der Waals surface area (Å²) in [4.78, 5) is 24.2. The molecule has 1 amide bonds. The molecule has 6 heteroatoms. The molecule has 0 radical (unpaired) electrons. The van der Waals surface area contributed by atoms with Gasteiger partial charge < -0.3 is 10.1 Å². The van der Waals surface area contributed by atoms with Crippen LogP contribution in [0.1, 0.15) is 16.7 Å². The first-order valence-electron chi connectivity index (χ1n) is 9.03. The minimum atomic E-state index is -0.732. The van der Waals surface area contributed by atoms with E-state index in [2.05, 4.69) is 5.32 Å². The highest BCUT2D eigenvalue weighted by atomic mass is 35.5. The molecule has 0 fully saturated rings. The number of ether oxygens (including phenoxy) is 1. The smallest absolute Gasteiger partial charge is 0.310 e. The van der Waals surface area contributed by atoms with Crippen molar-refractivity contribution in [3.05, 3.63) is 100 Å². The van der Waals surface area contributed by atoms with E-state index in [1.165, 1.54) is 18.2 Å². The van der Waals surface area contributed by atoms with E-state index >= 15 is 0 Å². The SMILES string of the molecule is O=C(COC(=O)Cc1c(F)cccc1Cl)Nc1ccccc1Cc1ccccc1. The zero-order valence-corrected chi connectivity index (χ0v) is 16.3. The van der Waals surface area contributed by atoms with Gasteiger partial charge in [-0.25, -0.2) is 4.39 Å². The standard InChI is InChI=1S/C23H19ClFNO3/c24-19-10-6-11-20(25)18(19)14-23(28)29-15-22(27)26-21-12-5-4-9-17(21)13-16-7-2-1-3-8-16/h1-12H,13-15H2,(H,26,27). The summed E-state index contributed by atoms with van der Waals surface area (Å²) in [6.45, 7) is -0.468. The molecule has 4 nitrogen and oxygen atoms in total. The average molecular weight is 412 g/mol. The summed E-state index contributed by atoms with van der Waals surface area (Å²) in [5.41, 5.74) is 2.75. The lowest BCUT2D eigenvalue weighted by molar-refractivity contribution is -0.146. The van der Waals surface area contributed by atoms with Crippen LogP contribution in [-0.4, -0.2) is 18.5 Å². The van der Waals surface area contributed by atoms with Gasteiger partial charge in [-0.2, -0.15) is 0 Å². The first-order valence-corrected chi connectivity index (χ1v) is 9.41. The molecule has 0 aliphatic rings. The molecule has 0 heterocycles. The minimum absolute atomic E-state index is 0.0489. The molecule has 29 heavy (non-hydrogen) atoms. The summed E-state index contributed by atoms with van der Waals surface area (Å²) in [5, 5.41) is 2.90. The Morgan fingerprint density at radius 1 is 0.931 bits per heavy atom. The Hall–Kier alpha value is -3.18. The van der Waals surface area contributed by atoms with Crippen LogP contribution in [0.2, 0.25) is 5.02 Å². The number of anilines is 1. The highest BCUT2D eigenvalue weighted by Crippen LogP contribution is 2.20. The molecule has 0 unspecified atom stereocenters. The fourth-order valence-electron chi connectivity index (χ4n) is 2.84. The Kier molecular flexibility index (Phi) is 6.98. The van der Waals surface area contributed by atoms with Crippen LogP contribution in [0.3, 0.4) is 0 Å². The van der Waals surface area contributed by atoms with Crippen molar-refractivity contribution in [2.24, 2.45) is 0 Å². The highest BCUT2D eigenvalue weighted by Gasteiger charge is 2.15. The Bertz CT molecular complexity index is 988. The number of amides is 1. The first kappa shape index (κ1) is 20.6. The first-order chi connectivity index (χ1) is 14.0. The molecule has 0 atom stereocenters. The average Bonchev–Trinajstić information content (AvgIpc) is 2.71. The molecule has 3 aromatic carbocycles. The molecule has 0 saturated carbocycles. The van der Waals surface area contributed by atoms with E-state index in [-0.39, 0.29) is 17.0 Å². The molecule has 3 rings (SSSR count). The maximum Gasteiger partial charge on any atom is 0.310 e. The second-order valence-corrected chi connectivity index (χ2v) is 6.81. The predicted octanol–water partition coefficient (Wildman–Crippen LogP) is 4.79. The number of hydrogen-bond donors (Lipinski definition) is 1. The Morgan fingerprint density at radius 2 is 1.66 bits per heavy atom. The highest BCUT2D eigenvalue weighted by molar-refractivity contribution is 6.31. The fraction of sp³-hybridized carbons (Fsp3) is 0.130. The number of carbonyl (C=O) groups is 2. The van der Waals surface area contributed by atoms with Gasteiger partial charge in [-0.15, -0.1) is 0 Å². The molecule has 1 N–H and O–H groups in total. The van der Waals surface area contributed by atoms with Crippen molar-refractivity contribution in [1.82, 2.24) is 0 Å². The summed E-state index contributed by atoms with van der Waals surface area (Å²) in [5.74, 6) is -1.79. The number of rotatable bonds is 7. The molecule has 0 saturated heterocycles. The van der Waals surface area contributed by atoms with Crippen molar-refractivity contribution in [1.29, 1.82) is 0 Å². The van der Waals surface area contributed by atoms with Crippen LogP contribution in [0.4, 0.5) is 10.1 Å². The minimum Gasteiger partial charge on any atom is -0.455 e. The molecule has 148 valence electrons. The number of para-hydroxylation sites is 1. The van der Waals surface area contributed by atoms with Crippen molar-refractivity contribution in [3.63, 3.8) is 0 Å². The quantitative estimate of drug-likeness (QED) is 0.568. The van der Waals surface area contributed by atoms with Gasteiger partial charge in [0.25, 0.3) is 5.91 Å². The van der Waals surface area contributed by atoms with Gasteiger partial charge in [0, 0.05) is 16.3 Å². The monoisotopic (exact) mass is 411 g/mol. The number of carbonyl (C=O) groups excluding carboxylic acids is 2. The van der Waals surface area contributed by atoms with Gasteiger partial charge in [-0.05, 0) is 35.7 Å². The van der Waals surface area contributed by atoms with E-state index in [0.29, 0.717) is 12.1 Å². The fourth-order valence-corrected chi connectivity index (χ4v) is 3.07. The third kappa shape index (κ3) is 5.90. The van der Waals surface area contributed by atoms with Crippen LogP contribution in [0.25, 0.3) is 0 Å². The van der Waals surface area contributed by atoms with Crippen molar-refractivity contribution in [3.8, 4) is 0 Å². The van der Waals surface area contributed by atoms with E-state index < -0.39 is 24.3 Å². The second-order valence-electron chi connectivity index (χ2n) is 6.41. The van der Waals surface area contributed by atoms with E-state index in [4.69, 9.17) is 16.3 Å². The predicted molar refractivity (Wildman–Crippen MR) is 110 cm³/mol. The number of benzene rings is 3. The van der Waals surface area contributed by atoms with Crippen LogP contribution in [-0.2, 0) is 27.2 Å². The second kappa shape index (κ2) is 9.85. The van der Waals surface area contributed by atoms with Crippen LogP contribution in [0.5, 0.6) is 0 Å². The summed E-state index contributed by atoms with van der Waals surface area (Å²) < 4.78 is 18.7. The Labute approximate surface area is 173 Å². The molecule has 0 aromatic heterocycles. The number of hydrogen-bond acceptors (Lipinski definition) is 3. The van der Waals surface area contributed by atoms with Crippen molar-refractivity contribution in [2.75, 3.05) is 11.9 Å². The normalized spacial score (nSPS) is 10.4. The van der Waals surface area contributed by atoms with E-state index in [0.717, 1.165) is 11.1 Å². The number of esters is 1. The van der Waals surface area contributed by atoms with E-state index in [1.54, 1.807) is 6.07 Å². The lowest BCUT2D eigenvalue weighted by Gasteiger charge is -2.12. The summed E-state index contributed by atoms with van der Waals surface area (Å²) in [6.07, 6.45) is 0.312. The third-order valence-corrected chi connectivity index (χ3v) is 4.63. The van der Waals surface area contributed by atoms with Gasteiger partial charge in [-0.1, -0.05) is 66.2 Å². The van der Waals surface area contributed by atoms with Crippen LogP contribution in [0.15, 0.2) is 72.8 Å². The number of nitrogens with one attached hydrogen (secondary N) is 1. The van der Waals surface area contributed by atoms with Gasteiger partial charge in [-0.3, -0.25) is 9.59 Å². The van der Waals surface area contributed by atoms with Crippen LogP contribution >= 0.6 is 11.6 Å². The van der Waals surface area contributed by atoms with Crippen LogP contribution < -0.4 is 5.32 Å². The van der Waals surface area contributed by atoms with Crippen molar-refractivity contribution >= 4 is 29.2 Å². The van der Waals surface area contributed by atoms with Gasteiger partial charge in [0.05, 0.1) is 6.42 Å². The number of halogens is 2. The Balaban J connectivity index is 1.56. The Morgan fingerprint density at radius 3 is 2.41 bits per heavy atom. The van der Waals surface area contributed by atoms with E-state index in [9.17, 15) is 14.0 Å². The molecule has 3 aromatic rings. The maximum atomic E-state index is 13.7. The van der Waals surface area contributed by atoms with Crippen molar-refractivity contribution in [2.45, 2.75) is 12.8 Å². The lowest BCUT2D eigenvalue weighted by Crippen LogP contribution is -2.22. The molecule has 0 aliphatic heterocycles. The molecule has 0 spiro atoms. The molecule has 0 bridgehead atoms. The van der Waals surface area contributed by atoms with Crippen molar-refractivity contribution < 1.29 is 18.7 Å². The van der Waals surface area contributed by atoms with Gasteiger partial charge in [0.2, 0.25) is 0 Å². The van der Waals surface area contributed by atoms with Crippen LogP contribution in [0, 0.1) is 5.82 Å².